The molecule has 6 nitrogen and oxygen atoms in total. The van der Waals surface area contributed by atoms with Gasteiger partial charge in [0.15, 0.2) is 0 Å². The molecule has 1 aromatic heterocycles. The highest BCUT2D eigenvalue weighted by Crippen LogP contribution is 2.24. The predicted molar refractivity (Wildman–Crippen MR) is 115 cm³/mol. The summed E-state index contributed by atoms with van der Waals surface area (Å²) >= 11 is 0. The van der Waals surface area contributed by atoms with Crippen LogP contribution in [0.2, 0.25) is 0 Å². The maximum Gasteiger partial charge on any atom is 0.319 e. The molecule has 0 aliphatic carbocycles. The number of halogens is 1. The molecule has 0 spiro atoms. The molecule has 0 radical (unpaired) electrons. The van der Waals surface area contributed by atoms with Gasteiger partial charge < -0.3 is 20.0 Å². The van der Waals surface area contributed by atoms with Gasteiger partial charge in [0.25, 0.3) is 0 Å². The summed E-state index contributed by atoms with van der Waals surface area (Å²) in [4.78, 5) is 16.9. The van der Waals surface area contributed by atoms with Crippen LogP contribution in [0.1, 0.15) is 11.8 Å². The second kappa shape index (κ2) is 9.45. The summed E-state index contributed by atoms with van der Waals surface area (Å²) in [5.41, 5.74) is 1.77. The Morgan fingerprint density at radius 2 is 1.70 bits per heavy atom. The zero-order valence-corrected chi connectivity index (χ0v) is 16.6. The molecule has 0 saturated carbocycles. The number of rotatable bonds is 6. The lowest BCUT2D eigenvalue weighted by Crippen LogP contribution is -2.50. The molecule has 1 unspecified atom stereocenters. The Hall–Kier alpha value is -3.32. The molecule has 1 aliphatic rings. The molecule has 7 heteroatoms. The second-order valence-corrected chi connectivity index (χ2v) is 7.23. The number of amides is 2. The molecule has 3 aromatic rings. The van der Waals surface area contributed by atoms with E-state index >= 15 is 0 Å². The largest absolute Gasteiger partial charge is 0.468 e. The molecule has 4 rings (SSSR count). The zero-order chi connectivity index (χ0) is 20.8. The topological polar surface area (TPSA) is 60.8 Å². The Kier molecular flexibility index (Phi) is 6.29. The van der Waals surface area contributed by atoms with Crippen molar-refractivity contribution in [2.75, 3.05) is 42.9 Å². The summed E-state index contributed by atoms with van der Waals surface area (Å²) in [5.74, 6) is 0.598. The average molecular weight is 408 g/mol. The van der Waals surface area contributed by atoms with Crippen LogP contribution in [-0.2, 0) is 0 Å². The van der Waals surface area contributed by atoms with Crippen LogP contribution in [0, 0.1) is 5.82 Å². The van der Waals surface area contributed by atoms with Crippen molar-refractivity contribution in [3.8, 4) is 0 Å². The Labute approximate surface area is 175 Å². The lowest BCUT2D eigenvalue weighted by atomic mass is 10.1. The number of hydrogen-bond donors (Lipinski definition) is 2. The van der Waals surface area contributed by atoms with E-state index in [2.05, 4.69) is 20.4 Å². The fourth-order valence-electron chi connectivity index (χ4n) is 3.72. The highest BCUT2D eigenvalue weighted by Gasteiger charge is 2.27. The number of para-hydroxylation sites is 1. The molecule has 1 aliphatic heterocycles. The lowest BCUT2D eigenvalue weighted by Gasteiger charge is -2.39. The number of nitrogens with zero attached hydrogens (tertiary/aromatic N) is 2. The van der Waals surface area contributed by atoms with Crippen molar-refractivity contribution in [2.45, 2.75) is 6.04 Å². The van der Waals surface area contributed by atoms with Gasteiger partial charge in [0.1, 0.15) is 11.6 Å². The molecule has 2 N–H and O–H groups in total. The molecule has 2 amide bonds. The third-order valence-corrected chi connectivity index (χ3v) is 5.31. The molecule has 1 saturated heterocycles. The van der Waals surface area contributed by atoms with Gasteiger partial charge in [-0.2, -0.15) is 0 Å². The van der Waals surface area contributed by atoms with Crippen LogP contribution >= 0.6 is 0 Å². The third kappa shape index (κ3) is 4.99. The second-order valence-electron chi connectivity index (χ2n) is 7.23. The van der Waals surface area contributed by atoms with E-state index in [1.54, 1.807) is 6.26 Å². The number of benzene rings is 2. The van der Waals surface area contributed by atoms with E-state index in [1.807, 2.05) is 54.6 Å². The van der Waals surface area contributed by atoms with E-state index < -0.39 is 0 Å². The summed E-state index contributed by atoms with van der Waals surface area (Å²) in [6.45, 7) is 3.69. The number of urea groups is 1. The molecule has 0 bridgehead atoms. The first-order valence-corrected chi connectivity index (χ1v) is 10.1. The number of anilines is 2. The lowest BCUT2D eigenvalue weighted by molar-refractivity contribution is 0.162. The summed E-state index contributed by atoms with van der Waals surface area (Å²) in [5, 5.41) is 5.80. The zero-order valence-electron chi connectivity index (χ0n) is 16.6. The van der Waals surface area contributed by atoms with E-state index in [1.165, 1.54) is 12.1 Å². The van der Waals surface area contributed by atoms with Crippen molar-refractivity contribution < 1.29 is 13.6 Å². The van der Waals surface area contributed by atoms with Crippen molar-refractivity contribution in [2.24, 2.45) is 0 Å². The van der Waals surface area contributed by atoms with Crippen LogP contribution in [0.5, 0.6) is 0 Å². The minimum absolute atomic E-state index is 0.0584. The predicted octanol–water partition coefficient (Wildman–Crippen LogP) is 4.10. The van der Waals surface area contributed by atoms with Gasteiger partial charge in [-0.05, 0) is 48.5 Å². The highest BCUT2D eigenvalue weighted by atomic mass is 19.1. The Morgan fingerprint density at radius 3 is 2.37 bits per heavy atom. The standard InChI is InChI=1S/C23H25FN4O2/c24-18-8-10-20(11-9-18)27-12-14-28(15-13-27)21(22-7-4-16-30-22)17-25-23(29)26-19-5-2-1-3-6-19/h1-11,16,21H,12-15,17H2,(H2,25,26,29). The minimum atomic E-state index is -0.247. The number of carbonyl (C=O) groups is 1. The summed E-state index contributed by atoms with van der Waals surface area (Å²) in [7, 11) is 0. The van der Waals surface area contributed by atoms with Gasteiger partial charge in [0, 0.05) is 44.1 Å². The summed E-state index contributed by atoms with van der Waals surface area (Å²) < 4.78 is 18.8. The van der Waals surface area contributed by atoms with Crippen LogP contribution < -0.4 is 15.5 Å². The monoisotopic (exact) mass is 408 g/mol. The van der Waals surface area contributed by atoms with Crippen molar-refractivity contribution >= 4 is 17.4 Å². The van der Waals surface area contributed by atoms with E-state index in [-0.39, 0.29) is 17.9 Å². The number of furan rings is 1. The Balaban J connectivity index is 1.36. The SMILES string of the molecule is O=C(NCC(c1ccco1)N1CCN(c2ccc(F)cc2)CC1)Nc1ccccc1. The first-order chi connectivity index (χ1) is 14.7. The number of nitrogens with one attached hydrogen (secondary N) is 2. The van der Waals surface area contributed by atoms with Crippen LogP contribution in [0.4, 0.5) is 20.6 Å². The minimum Gasteiger partial charge on any atom is -0.468 e. The molecular formula is C23H25FN4O2. The molecule has 1 fully saturated rings. The van der Waals surface area contributed by atoms with Gasteiger partial charge in [-0.25, -0.2) is 9.18 Å². The molecule has 30 heavy (non-hydrogen) atoms. The smallest absolute Gasteiger partial charge is 0.319 e. The van der Waals surface area contributed by atoms with E-state index in [0.717, 1.165) is 43.3 Å². The van der Waals surface area contributed by atoms with Gasteiger partial charge in [0.05, 0.1) is 12.3 Å². The molecule has 2 heterocycles. The van der Waals surface area contributed by atoms with Crippen molar-refractivity contribution in [3.05, 3.63) is 84.6 Å². The summed E-state index contributed by atoms with van der Waals surface area (Å²) in [6, 6.07) is 19.4. The molecule has 1 atom stereocenters. The Morgan fingerprint density at radius 1 is 0.967 bits per heavy atom. The molecular weight excluding hydrogens is 383 g/mol. The fraction of sp³-hybridized carbons (Fsp3) is 0.261. The van der Waals surface area contributed by atoms with Crippen molar-refractivity contribution in [3.63, 3.8) is 0 Å². The first-order valence-electron chi connectivity index (χ1n) is 10.1. The summed E-state index contributed by atoms with van der Waals surface area (Å²) in [6.07, 6.45) is 1.65. The normalized spacial score (nSPS) is 15.6. The third-order valence-electron chi connectivity index (χ3n) is 5.31. The van der Waals surface area contributed by atoms with Crippen LogP contribution in [0.3, 0.4) is 0 Å². The maximum absolute atomic E-state index is 13.2. The molecule has 156 valence electrons. The van der Waals surface area contributed by atoms with Crippen molar-refractivity contribution in [1.29, 1.82) is 0 Å². The highest BCUT2D eigenvalue weighted by molar-refractivity contribution is 5.89. The maximum atomic E-state index is 13.2. The fourth-order valence-corrected chi connectivity index (χ4v) is 3.72. The molecule has 2 aromatic carbocycles. The number of carbonyl (C=O) groups excluding carboxylic acids is 1. The number of hydrogen-bond acceptors (Lipinski definition) is 4. The van der Waals surface area contributed by atoms with E-state index in [9.17, 15) is 9.18 Å². The van der Waals surface area contributed by atoms with Gasteiger partial charge in [-0.3, -0.25) is 4.90 Å². The van der Waals surface area contributed by atoms with Gasteiger partial charge in [0.2, 0.25) is 0 Å². The van der Waals surface area contributed by atoms with E-state index in [0.29, 0.717) is 6.54 Å². The quantitative estimate of drug-likeness (QED) is 0.645. The van der Waals surface area contributed by atoms with Crippen molar-refractivity contribution in [1.82, 2.24) is 10.2 Å². The van der Waals surface area contributed by atoms with Gasteiger partial charge in [-0.1, -0.05) is 18.2 Å². The Bertz CT molecular complexity index is 924. The van der Waals surface area contributed by atoms with Crippen LogP contribution in [0.15, 0.2) is 77.4 Å². The van der Waals surface area contributed by atoms with Gasteiger partial charge in [-0.15, -0.1) is 0 Å². The van der Waals surface area contributed by atoms with Gasteiger partial charge >= 0.3 is 6.03 Å². The van der Waals surface area contributed by atoms with Crippen LogP contribution in [0.25, 0.3) is 0 Å². The van der Waals surface area contributed by atoms with Crippen LogP contribution in [-0.4, -0.2) is 43.7 Å². The first kappa shape index (κ1) is 20.0. The number of piperazine rings is 1. The van der Waals surface area contributed by atoms with E-state index in [4.69, 9.17) is 4.42 Å². The average Bonchev–Trinajstić information content (AvgIpc) is 3.30.